The zero-order valence-corrected chi connectivity index (χ0v) is 12.3. The zero-order valence-electron chi connectivity index (χ0n) is 12.3. The van der Waals surface area contributed by atoms with Crippen LogP contribution in [0.25, 0.3) is 0 Å². The summed E-state index contributed by atoms with van der Waals surface area (Å²) in [4.78, 5) is 0. The summed E-state index contributed by atoms with van der Waals surface area (Å²) >= 11 is 0. The van der Waals surface area contributed by atoms with E-state index in [0.29, 0.717) is 25.0 Å². The molecule has 0 amide bonds. The van der Waals surface area contributed by atoms with E-state index in [2.05, 4.69) is 52.8 Å². The topological polar surface area (TPSA) is 18.5 Å². The number of ether oxygens (including phenoxy) is 2. The zero-order chi connectivity index (χ0) is 13.5. The minimum Gasteiger partial charge on any atom is -0.491 e. The standard InChI is InChI=1S/C16H26O2/c1-12(2)11-17-8-9-18-16-10-15(13(3)4)7-6-14(16)5/h6-7,10,12-13H,8-9,11H2,1-5H3. The van der Waals surface area contributed by atoms with Crippen LogP contribution in [0.5, 0.6) is 5.75 Å². The number of rotatable bonds is 7. The first-order valence-corrected chi connectivity index (χ1v) is 6.81. The molecule has 102 valence electrons. The SMILES string of the molecule is Cc1ccc(C(C)C)cc1OCCOCC(C)C. The van der Waals surface area contributed by atoms with E-state index in [4.69, 9.17) is 9.47 Å². The molecule has 1 rings (SSSR count). The van der Waals surface area contributed by atoms with Gasteiger partial charge in [-0.15, -0.1) is 0 Å². The molecule has 0 radical (unpaired) electrons. The first-order valence-electron chi connectivity index (χ1n) is 6.81. The Bertz CT molecular complexity index is 356. The lowest BCUT2D eigenvalue weighted by Crippen LogP contribution is -2.10. The molecule has 0 spiro atoms. The van der Waals surface area contributed by atoms with Gasteiger partial charge < -0.3 is 9.47 Å². The molecule has 0 unspecified atom stereocenters. The van der Waals surface area contributed by atoms with E-state index < -0.39 is 0 Å². The second-order valence-corrected chi connectivity index (χ2v) is 5.50. The Kier molecular flexibility index (Phi) is 6.20. The summed E-state index contributed by atoms with van der Waals surface area (Å²) in [7, 11) is 0. The van der Waals surface area contributed by atoms with Gasteiger partial charge in [0, 0.05) is 6.61 Å². The van der Waals surface area contributed by atoms with Gasteiger partial charge in [-0.25, -0.2) is 0 Å². The van der Waals surface area contributed by atoms with E-state index >= 15 is 0 Å². The Morgan fingerprint density at radius 3 is 2.39 bits per heavy atom. The van der Waals surface area contributed by atoms with Crippen LogP contribution in [-0.2, 0) is 4.74 Å². The highest BCUT2D eigenvalue weighted by Gasteiger charge is 2.04. The van der Waals surface area contributed by atoms with Crippen molar-refractivity contribution in [1.82, 2.24) is 0 Å². The molecule has 2 nitrogen and oxygen atoms in total. The van der Waals surface area contributed by atoms with Crippen LogP contribution in [0.1, 0.15) is 44.7 Å². The highest BCUT2D eigenvalue weighted by Crippen LogP contribution is 2.24. The Morgan fingerprint density at radius 2 is 1.78 bits per heavy atom. The van der Waals surface area contributed by atoms with Gasteiger partial charge in [-0.05, 0) is 36.0 Å². The summed E-state index contributed by atoms with van der Waals surface area (Å²) in [5, 5.41) is 0. The molecule has 0 atom stereocenters. The molecule has 0 heterocycles. The second-order valence-electron chi connectivity index (χ2n) is 5.50. The minimum absolute atomic E-state index is 0.533. The highest BCUT2D eigenvalue weighted by molar-refractivity contribution is 5.37. The fraction of sp³-hybridized carbons (Fsp3) is 0.625. The predicted octanol–water partition coefficient (Wildman–Crippen LogP) is 4.17. The lowest BCUT2D eigenvalue weighted by Gasteiger charge is -2.13. The van der Waals surface area contributed by atoms with E-state index in [1.165, 1.54) is 11.1 Å². The van der Waals surface area contributed by atoms with Crippen molar-refractivity contribution in [3.05, 3.63) is 29.3 Å². The quantitative estimate of drug-likeness (QED) is 0.676. The molecule has 1 aromatic carbocycles. The van der Waals surface area contributed by atoms with Crippen molar-refractivity contribution in [1.29, 1.82) is 0 Å². The van der Waals surface area contributed by atoms with Gasteiger partial charge in [0.2, 0.25) is 0 Å². The van der Waals surface area contributed by atoms with Crippen LogP contribution in [0.15, 0.2) is 18.2 Å². The minimum atomic E-state index is 0.533. The van der Waals surface area contributed by atoms with Crippen LogP contribution in [0.2, 0.25) is 0 Å². The molecule has 0 saturated heterocycles. The van der Waals surface area contributed by atoms with Gasteiger partial charge in [0.05, 0.1) is 6.61 Å². The molecule has 0 fully saturated rings. The third-order valence-electron chi connectivity index (χ3n) is 2.82. The van der Waals surface area contributed by atoms with Crippen molar-refractivity contribution in [3.8, 4) is 5.75 Å². The lowest BCUT2D eigenvalue weighted by atomic mass is 10.0. The summed E-state index contributed by atoms with van der Waals surface area (Å²) in [6, 6.07) is 6.43. The smallest absolute Gasteiger partial charge is 0.122 e. The molecule has 0 saturated carbocycles. The van der Waals surface area contributed by atoms with Gasteiger partial charge >= 0.3 is 0 Å². The predicted molar refractivity (Wildman–Crippen MR) is 76.4 cm³/mol. The molecule has 0 aliphatic heterocycles. The number of aryl methyl sites for hydroxylation is 1. The summed E-state index contributed by atoms with van der Waals surface area (Å²) in [5.74, 6) is 2.09. The highest BCUT2D eigenvalue weighted by atomic mass is 16.5. The average molecular weight is 250 g/mol. The summed E-state index contributed by atoms with van der Waals surface area (Å²) in [6.07, 6.45) is 0. The molecule has 0 aliphatic carbocycles. The maximum absolute atomic E-state index is 5.78. The van der Waals surface area contributed by atoms with Gasteiger partial charge in [-0.3, -0.25) is 0 Å². The van der Waals surface area contributed by atoms with Crippen molar-refractivity contribution < 1.29 is 9.47 Å². The van der Waals surface area contributed by atoms with E-state index in [1.54, 1.807) is 0 Å². The van der Waals surface area contributed by atoms with Crippen molar-refractivity contribution in [3.63, 3.8) is 0 Å². The fourth-order valence-electron chi connectivity index (χ4n) is 1.66. The Labute approximate surface area is 111 Å². The fourth-order valence-corrected chi connectivity index (χ4v) is 1.66. The first kappa shape index (κ1) is 15.0. The molecule has 0 aromatic heterocycles. The summed E-state index contributed by atoms with van der Waals surface area (Å²) in [5.41, 5.74) is 2.50. The molecular weight excluding hydrogens is 224 g/mol. The van der Waals surface area contributed by atoms with Crippen LogP contribution in [0.4, 0.5) is 0 Å². The van der Waals surface area contributed by atoms with Crippen LogP contribution >= 0.6 is 0 Å². The maximum Gasteiger partial charge on any atom is 0.122 e. The van der Waals surface area contributed by atoms with Crippen LogP contribution in [0.3, 0.4) is 0 Å². The lowest BCUT2D eigenvalue weighted by molar-refractivity contribution is 0.0817. The summed E-state index contributed by atoms with van der Waals surface area (Å²) < 4.78 is 11.3. The van der Waals surface area contributed by atoms with Crippen LogP contribution < -0.4 is 4.74 Å². The molecule has 2 heteroatoms. The van der Waals surface area contributed by atoms with Gasteiger partial charge in [0.15, 0.2) is 0 Å². The van der Waals surface area contributed by atoms with Gasteiger partial charge in [0.1, 0.15) is 12.4 Å². The van der Waals surface area contributed by atoms with E-state index in [0.717, 1.165) is 12.4 Å². The molecule has 18 heavy (non-hydrogen) atoms. The molecule has 0 aliphatic rings. The second kappa shape index (κ2) is 7.42. The monoisotopic (exact) mass is 250 g/mol. The Morgan fingerprint density at radius 1 is 1.06 bits per heavy atom. The third-order valence-corrected chi connectivity index (χ3v) is 2.82. The van der Waals surface area contributed by atoms with Crippen molar-refractivity contribution >= 4 is 0 Å². The normalized spacial score (nSPS) is 11.3. The van der Waals surface area contributed by atoms with Crippen molar-refractivity contribution in [2.45, 2.75) is 40.5 Å². The van der Waals surface area contributed by atoms with Gasteiger partial charge in [0.25, 0.3) is 0 Å². The summed E-state index contributed by atoms with van der Waals surface area (Å²) in [6.45, 7) is 12.8. The first-order chi connectivity index (χ1) is 8.50. The van der Waals surface area contributed by atoms with Gasteiger partial charge in [-0.2, -0.15) is 0 Å². The van der Waals surface area contributed by atoms with E-state index in [9.17, 15) is 0 Å². The molecule has 1 aromatic rings. The number of benzene rings is 1. The van der Waals surface area contributed by atoms with Crippen LogP contribution in [-0.4, -0.2) is 19.8 Å². The molecule has 0 N–H and O–H groups in total. The van der Waals surface area contributed by atoms with Crippen molar-refractivity contribution in [2.24, 2.45) is 5.92 Å². The maximum atomic E-state index is 5.78. The van der Waals surface area contributed by atoms with Gasteiger partial charge in [-0.1, -0.05) is 39.8 Å². The number of hydrogen-bond acceptors (Lipinski definition) is 2. The Balaban J connectivity index is 2.43. The average Bonchev–Trinajstić information content (AvgIpc) is 2.30. The van der Waals surface area contributed by atoms with Crippen molar-refractivity contribution in [2.75, 3.05) is 19.8 Å². The third kappa shape index (κ3) is 5.09. The molecule has 0 bridgehead atoms. The van der Waals surface area contributed by atoms with Crippen LogP contribution in [0, 0.1) is 12.8 Å². The Hall–Kier alpha value is -1.02. The largest absolute Gasteiger partial charge is 0.491 e. The molecular formula is C16H26O2. The van der Waals surface area contributed by atoms with E-state index in [-0.39, 0.29) is 0 Å². The number of hydrogen-bond donors (Lipinski definition) is 0. The van der Waals surface area contributed by atoms with E-state index in [1.807, 2.05) is 0 Å².